The van der Waals surface area contributed by atoms with E-state index in [0.29, 0.717) is 0 Å². The summed E-state index contributed by atoms with van der Waals surface area (Å²) in [5, 5.41) is 17.9. The van der Waals surface area contributed by atoms with Crippen molar-refractivity contribution < 1.29 is 9.90 Å². The fraction of sp³-hybridized carbons (Fsp3) is 0.333. The molecule has 0 aliphatic carbocycles. The first-order valence-electron chi connectivity index (χ1n) is 5.09. The molecule has 0 saturated carbocycles. The van der Waals surface area contributed by atoms with Gasteiger partial charge in [0.1, 0.15) is 6.10 Å². The Balaban J connectivity index is 2.35. The van der Waals surface area contributed by atoms with E-state index < -0.39 is 12.0 Å². The van der Waals surface area contributed by atoms with E-state index in [1.54, 1.807) is 18.0 Å². The highest BCUT2D eigenvalue weighted by Gasteiger charge is 2.35. The van der Waals surface area contributed by atoms with E-state index in [0.717, 1.165) is 11.3 Å². The van der Waals surface area contributed by atoms with Gasteiger partial charge >= 0.3 is 0 Å². The Hall–Kier alpha value is -1.86. The largest absolute Gasteiger partial charge is 0.378 e. The number of likely N-dealkylation sites (N-methyl/N-ethyl adjacent to an activating group) is 1. The number of para-hydroxylation sites is 1. The normalized spacial score (nSPS) is 20.4. The number of anilines is 1. The SMILES string of the molecule is CN1C(=O)C(CC(O)C#N)c2ccccc21. The highest BCUT2D eigenvalue weighted by Crippen LogP contribution is 2.38. The predicted octanol–water partition coefficient (Wildman–Crippen LogP) is 1.02. The minimum absolute atomic E-state index is 0.0597. The minimum atomic E-state index is -1.09. The molecule has 82 valence electrons. The van der Waals surface area contributed by atoms with Crippen LogP contribution in [0.4, 0.5) is 5.69 Å². The van der Waals surface area contributed by atoms with Gasteiger partial charge in [-0.1, -0.05) is 18.2 Å². The number of aliphatic hydroxyl groups excluding tert-OH is 1. The lowest BCUT2D eigenvalue weighted by molar-refractivity contribution is -0.119. The zero-order valence-corrected chi connectivity index (χ0v) is 8.92. The first kappa shape index (κ1) is 10.7. The molecule has 0 aromatic heterocycles. The minimum Gasteiger partial charge on any atom is -0.378 e. The predicted molar refractivity (Wildman–Crippen MR) is 58.8 cm³/mol. The second kappa shape index (κ2) is 3.95. The zero-order valence-electron chi connectivity index (χ0n) is 8.92. The van der Waals surface area contributed by atoms with Gasteiger partial charge in [-0.25, -0.2) is 0 Å². The van der Waals surface area contributed by atoms with E-state index in [1.165, 1.54) is 0 Å². The van der Waals surface area contributed by atoms with Gasteiger partial charge in [0.25, 0.3) is 0 Å². The van der Waals surface area contributed by atoms with E-state index in [4.69, 9.17) is 5.26 Å². The van der Waals surface area contributed by atoms with Crippen molar-refractivity contribution in [2.24, 2.45) is 0 Å². The smallest absolute Gasteiger partial charge is 0.234 e. The number of carbonyl (C=O) groups is 1. The first-order chi connectivity index (χ1) is 7.65. The van der Waals surface area contributed by atoms with Crippen molar-refractivity contribution in [3.63, 3.8) is 0 Å². The molecule has 0 bridgehead atoms. The molecule has 1 amide bonds. The van der Waals surface area contributed by atoms with Gasteiger partial charge in [0.2, 0.25) is 5.91 Å². The number of nitriles is 1. The Bertz CT molecular complexity index is 464. The Morgan fingerprint density at radius 2 is 2.25 bits per heavy atom. The van der Waals surface area contributed by atoms with Crippen LogP contribution in [-0.2, 0) is 4.79 Å². The molecule has 2 unspecified atom stereocenters. The fourth-order valence-corrected chi connectivity index (χ4v) is 2.08. The van der Waals surface area contributed by atoms with E-state index in [-0.39, 0.29) is 12.3 Å². The van der Waals surface area contributed by atoms with Crippen molar-refractivity contribution in [2.75, 3.05) is 11.9 Å². The van der Waals surface area contributed by atoms with Crippen molar-refractivity contribution in [3.05, 3.63) is 29.8 Å². The monoisotopic (exact) mass is 216 g/mol. The molecule has 0 saturated heterocycles. The number of aliphatic hydroxyl groups is 1. The maximum absolute atomic E-state index is 11.9. The van der Waals surface area contributed by atoms with Gasteiger partial charge in [0, 0.05) is 19.2 Å². The lowest BCUT2D eigenvalue weighted by Crippen LogP contribution is -2.25. The van der Waals surface area contributed by atoms with Crippen LogP contribution in [0.15, 0.2) is 24.3 Å². The summed E-state index contributed by atoms with van der Waals surface area (Å²) < 4.78 is 0. The van der Waals surface area contributed by atoms with Gasteiger partial charge in [-0.2, -0.15) is 5.26 Å². The zero-order chi connectivity index (χ0) is 11.7. The van der Waals surface area contributed by atoms with Crippen molar-refractivity contribution in [1.82, 2.24) is 0 Å². The third kappa shape index (κ3) is 1.55. The van der Waals surface area contributed by atoms with Gasteiger partial charge in [-0.05, 0) is 11.6 Å². The van der Waals surface area contributed by atoms with Crippen molar-refractivity contribution in [1.29, 1.82) is 5.26 Å². The van der Waals surface area contributed by atoms with Crippen LogP contribution in [0, 0.1) is 11.3 Å². The van der Waals surface area contributed by atoms with Gasteiger partial charge in [-0.15, -0.1) is 0 Å². The number of amides is 1. The molecule has 0 radical (unpaired) electrons. The summed E-state index contributed by atoms with van der Waals surface area (Å²) in [5.74, 6) is -0.452. The molecule has 1 aromatic carbocycles. The van der Waals surface area contributed by atoms with E-state index in [1.807, 2.05) is 24.3 Å². The summed E-state index contributed by atoms with van der Waals surface area (Å²) in [6.07, 6.45) is -0.926. The number of benzene rings is 1. The average Bonchev–Trinajstić information content (AvgIpc) is 2.55. The lowest BCUT2D eigenvalue weighted by atomic mass is 9.95. The van der Waals surface area contributed by atoms with Gasteiger partial charge in [0.05, 0.1) is 12.0 Å². The second-order valence-corrected chi connectivity index (χ2v) is 3.89. The molecule has 1 aliphatic rings. The van der Waals surface area contributed by atoms with Crippen molar-refractivity contribution in [3.8, 4) is 6.07 Å². The maximum Gasteiger partial charge on any atom is 0.234 e. The van der Waals surface area contributed by atoms with E-state index in [9.17, 15) is 9.90 Å². The lowest BCUT2D eigenvalue weighted by Gasteiger charge is -2.11. The van der Waals surface area contributed by atoms with Crippen molar-refractivity contribution >= 4 is 11.6 Å². The number of carbonyl (C=O) groups excluding carboxylic acids is 1. The van der Waals surface area contributed by atoms with Crippen LogP contribution in [0.1, 0.15) is 17.9 Å². The van der Waals surface area contributed by atoms with Crippen LogP contribution >= 0.6 is 0 Å². The van der Waals surface area contributed by atoms with E-state index >= 15 is 0 Å². The molecule has 0 spiro atoms. The highest BCUT2D eigenvalue weighted by molar-refractivity contribution is 6.04. The molecule has 2 rings (SSSR count). The molecule has 2 atom stereocenters. The fourth-order valence-electron chi connectivity index (χ4n) is 2.08. The molecular weight excluding hydrogens is 204 g/mol. The molecule has 0 fully saturated rings. The average molecular weight is 216 g/mol. The summed E-state index contributed by atoms with van der Waals surface area (Å²) in [6, 6.07) is 9.20. The van der Waals surface area contributed by atoms with Gasteiger partial charge < -0.3 is 10.0 Å². The molecule has 1 aliphatic heterocycles. The summed E-state index contributed by atoms with van der Waals surface area (Å²) in [4.78, 5) is 13.5. The number of rotatable bonds is 2. The molecule has 1 N–H and O–H groups in total. The van der Waals surface area contributed by atoms with Crippen molar-refractivity contribution in [2.45, 2.75) is 18.4 Å². The number of hydrogen-bond donors (Lipinski definition) is 1. The summed E-state index contributed by atoms with van der Waals surface area (Å²) in [5.41, 5.74) is 1.76. The second-order valence-electron chi connectivity index (χ2n) is 3.89. The van der Waals surface area contributed by atoms with Gasteiger partial charge in [0.15, 0.2) is 0 Å². The topological polar surface area (TPSA) is 64.3 Å². The van der Waals surface area contributed by atoms with Crippen LogP contribution in [0.2, 0.25) is 0 Å². The van der Waals surface area contributed by atoms with Crippen LogP contribution in [0.25, 0.3) is 0 Å². The van der Waals surface area contributed by atoms with Crippen LogP contribution in [0.5, 0.6) is 0 Å². The summed E-state index contributed by atoms with van der Waals surface area (Å²) in [7, 11) is 1.71. The van der Waals surface area contributed by atoms with Crippen LogP contribution in [0.3, 0.4) is 0 Å². The Morgan fingerprint density at radius 3 is 2.94 bits per heavy atom. The number of hydrogen-bond acceptors (Lipinski definition) is 3. The molecule has 1 aromatic rings. The molecule has 16 heavy (non-hydrogen) atoms. The Labute approximate surface area is 93.7 Å². The third-order valence-corrected chi connectivity index (χ3v) is 2.91. The van der Waals surface area contributed by atoms with E-state index in [2.05, 4.69) is 0 Å². The third-order valence-electron chi connectivity index (χ3n) is 2.91. The van der Waals surface area contributed by atoms with Crippen LogP contribution < -0.4 is 4.90 Å². The number of fused-ring (bicyclic) bond motifs is 1. The Kier molecular flexibility index (Phi) is 2.63. The van der Waals surface area contributed by atoms with Crippen LogP contribution in [-0.4, -0.2) is 24.2 Å². The summed E-state index contributed by atoms with van der Waals surface area (Å²) in [6.45, 7) is 0. The highest BCUT2D eigenvalue weighted by atomic mass is 16.3. The van der Waals surface area contributed by atoms with Gasteiger partial charge in [-0.3, -0.25) is 4.79 Å². The summed E-state index contributed by atoms with van der Waals surface area (Å²) >= 11 is 0. The molecule has 1 heterocycles. The Morgan fingerprint density at radius 1 is 1.56 bits per heavy atom. The molecule has 4 heteroatoms. The number of nitrogens with zero attached hydrogens (tertiary/aromatic N) is 2. The maximum atomic E-state index is 11.9. The first-order valence-corrected chi connectivity index (χ1v) is 5.09. The standard InChI is InChI=1S/C12H12N2O2/c1-14-11-5-3-2-4-9(11)10(12(14)16)6-8(15)7-13/h2-5,8,10,15H,6H2,1H3. The molecular formula is C12H12N2O2. The molecule has 4 nitrogen and oxygen atoms in total. The quantitative estimate of drug-likeness (QED) is 0.751.